The molecule has 5 nitrogen and oxygen atoms in total. The number of hydrogen-bond donors (Lipinski definition) is 1. The van der Waals surface area contributed by atoms with Gasteiger partial charge in [0.1, 0.15) is 0 Å². The van der Waals surface area contributed by atoms with Crippen molar-refractivity contribution in [3.05, 3.63) is 77.3 Å². The van der Waals surface area contributed by atoms with Gasteiger partial charge in [-0.05, 0) is 42.8 Å². The first-order chi connectivity index (χ1) is 11.6. The molecule has 0 aliphatic heterocycles. The van der Waals surface area contributed by atoms with E-state index in [1.165, 1.54) is 6.08 Å². The van der Waals surface area contributed by atoms with Crippen molar-refractivity contribution in [3.8, 4) is 5.69 Å². The van der Waals surface area contributed by atoms with Crippen molar-refractivity contribution in [2.75, 3.05) is 5.32 Å². The summed E-state index contributed by atoms with van der Waals surface area (Å²) < 4.78 is 1.70. The zero-order chi connectivity index (χ0) is 16.9. The summed E-state index contributed by atoms with van der Waals surface area (Å²) in [5.74, 6) is -0.220. The molecule has 0 unspecified atom stereocenters. The molecule has 0 aliphatic carbocycles. The van der Waals surface area contributed by atoms with Gasteiger partial charge in [0.2, 0.25) is 5.91 Å². The molecule has 6 heteroatoms. The van der Waals surface area contributed by atoms with Crippen LogP contribution < -0.4 is 5.32 Å². The second-order valence-corrected chi connectivity index (χ2v) is 5.59. The fourth-order valence-corrected chi connectivity index (χ4v) is 2.26. The highest BCUT2D eigenvalue weighted by Crippen LogP contribution is 2.16. The summed E-state index contributed by atoms with van der Waals surface area (Å²) in [6.45, 7) is 1.84. The van der Waals surface area contributed by atoms with Crippen LogP contribution in [-0.4, -0.2) is 20.7 Å². The third kappa shape index (κ3) is 3.88. The Kier molecular flexibility index (Phi) is 4.72. The van der Waals surface area contributed by atoms with Crippen LogP contribution in [-0.2, 0) is 4.79 Å². The second-order valence-electron chi connectivity index (χ2n) is 5.15. The summed E-state index contributed by atoms with van der Waals surface area (Å²) in [5.41, 5.74) is 3.18. The number of pyridine rings is 1. The SMILES string of the molecule is Cc1nn(-c2ccncc2)cc1NC(=O)C=Cc1ccc(Cl)cc1. The maximum atomic E-state index is 12.1. The van der Waals surface area contributed by atoms with E-state index in [0.717, 1.165) is 16.9 Å². The van der Waals surface area contributed by atoms with Crippen molar-refractivity contribution in [1.29, 1.82) is 0 Å². The molecule has 120 valence electrons. The van der Waals surface area contributed by atoms with Crippen LogP contribution in [0.25, 0.3) is 11.8 Å². The molecule has 0 fully saturated rings. The summed E-state index contributed by atoms with van der Waals surface area (Å²) >= 11 is 5.84. The smallest absolute Gasteiger partial charge is 0.248 e. The number of aryl methyl sites for hydroxylation is 1. The Labute approximate surface area is 144 Å². The van der Waals surface area contributed by atoms with Crippen LogP contribution in [0.5, 0.6) is 0 Å². The molecule has 3 rings (SSSR count). The van der Waals surface area contributed by atoms with Crippen LogP contribution >= 0.6 is 11.6 Å². The molecule has 0 spiro atoms. The fraction of sp³-hybridized carbons (Fsp3) is 0.0556. The highest BCUT2D eigenvalue weighted by Gasteiger charge is 2.08. The van der Waals surface area contributed by atoms with Crippen molar-refractivity contribution in [2.24, 2.45) is 0 Å². The molecular weight excluding hydrogens is 324 g/mol. The van der Waals surface area contributed by atoms with Gasteiger partial charge in [0, 0.05) is 23.5 Å². The molecule has 0 bridgehead atoms. The van der Waals surface area contributed by atoms with E-state index in [1.807, 2.05) is 31.2 Å². The molecule has 2 aromatic heterocycles. The van der Waals surface area contributed by atoms with E-state index in [2.05, 4.69) is 15.4 Å². The Bertz CT molecular complexity index is 870. The molecule has 1 N–H and O–H groups in total. The Hall–Kier alpha value is -2.92. The van der Waals surface area contributed by atoms with E-state index in [-0.39, 0.29) is 5.91 Å². The van der Waals surface area contributed by atoms with Gasteiger partial charge in [-0.3, -0.25) is 9.78 Å². The minimum atomic E-state index is -0.220. The standard InChI is InChI=1S/C18H15ClN4O/c1-13-17(12-23(22-13)16-8-10-20-11-9-16)21-18(24)7-4-14-2-5-15(19)6-3-14/h2-12H,1H3,(H,21,24). The molecule has 24 heavy (non-hydrogen) atoms. The van der Waals surface area contributed by atoms with E-state index < -0.39 is 0 Å². The Morgan fingerprint density at radius 3 is 2.58 bits per heavy atom. The minimum absolute atomic E-state index is 0.220. The number of carbonyl (C=O) groups excluding carboxylic acids is 1. The fourth-order valence-electron chi connectivity index (χ4n) is 2.13. The molecule has 1 aromatic carbocycles. The van der Waals surface area contributed by atoms with Crippen LogP contribution in [0, 0.1) is 6.92 Å². The van der Waals surface area contributed by atoms with Gasteiger partial charge in [0.05, 0.1) is 23.3 Å². The van der Waals surface area contributed by atoms with Crippen molar-refractivity contribution in [2.45, 2.75) is 6.92 Å². The normalized spacial score (nSPS) is 10.9. The Morgan fingerprint density at radius 1 is 1.17 bits per heavy atom. The van der Waals surface area contributed by atoms with Gasteiger partial charge in [-0.25, -0.2) is 4.68 Å². The molecular formula is C18H15ClN4O. The van der Waals surface area contributed by atoms with Gasteiger partial charge in [-0.1, -0.05) is 23.7 Å². The molecule has 0 atom stereocenters. The minimum Gasteiger partial charge on any atom is -0.320 e. The summed E-state index contributed by atoms with van der Waals surface area (Å²) in [5, 5.41) is 7.89. The molecule has 1 amide bonds. The van der Waals surface area contributed by atoms with Crippen LogP contribution in [0.1, 0.15) is 11.3 Å². The lowest BCUT2D eigenvalue weighted by molar-refractivity contribution is -0.111. The van der Waals surface area contributed by atoms with Gasteiger partial charge in [0.25, 0.3) is 0 Å². The highest BCUT2D eigenvalue weighted by atomic mass is 35.5. The lowest BCUT2D eigenvalue weighted by Gasteiger charge is -2.00. The van der Waals surface area contributed by atoms with E-state index in [0.29, 0.717) is 10.7 Å². The predicted octanol–water partition coefficient (Wildman–Crippen LogP) is 3.88. The first kappa shape index (κ1) is 16.0. The summed E-state index contributed by atoms with van der Waals surface area (Å²) in [6.07, 6.45) is 8.37. The van der Waals surface area contributed by atoms with E-state index in [9.17, 15) is 4.79 Å². The highest BCUT2D eigenvalue weighted by molar-refractivity contribution is 6.30. The summed E-state index contributed by atoms with van der Waals surface area (Å²) in [4.78, 5) is 16.1. The third-order valence-corrected chi connectivity index (χ3v) is 3.63. The van der Waals surface area contributed by atoms with Crippen molar-refractivity contribution >= 4 is 29.3 Å². The quantitative estimate of drug-likeness (QED) is 0.734. The topological polar surface area (TPSA) is 59.8 Å². The zero-order valence-corrected chi connectivity index (χ0v) is 13.7. The van der Waals surface area contributed by atoms with Gasteiger partial charge in [-0.2, -0.15) is 5.10 Å². The van der Waals surface area contributed by atoms with Crippen LogP contribution in [0.2, 0.25) is 5.02 Å². The molecule has 0 saturated heterocycles. The molecule has 0 aliphatic rings. The Morgan fingerprint density at radius 2 is 1.88 bits per heavy atom. The van der Waals surface area contributed by atoms with Crippen LogP contribution in [0.15, 0.2) is 61.1 Å². The third-order valence-electron chi connectivity index (χ3n) is 3.38. The lowest BCUT2D eigenvalue weighted by Crippen LogP contribution is -2.07. The van der Waals surface area contributed by atoms with Crippen molar-refractivity contribution in [1.82, 2.24) is 14.8 Å². The Balaban J connectivity index is 1.70. The van der Waals surface area contributed by atoms with E-state index in [1.54, 1.807) is 41.5 Å². The number of hydrogen-bond acceptors (Lipinski definition) is 3. The number of nitrogens with zero attached hydrogens (tertiary/aromatic N) is 3. The summed E-state index contributed by atoms with van der Waals surface area (Å²) in [6, 6.07) is 10.9. The number of amides is 1. The maximum absolute atomic E-state index is 12.1. The predicted molar refractivity (Wildman–Crippen MR) is 95.2 cm³/mol. The number of anilines is 1. The first-order valence-electron chi connectivity index (χ1n) is 7.33. The average Bonchev–Trinajstić information content (AvgIpc) is 2.96. The average molecular weight is 339 g/mol. The van der Waals surface area contributed by atoms with E-state index in [4.69, 9.17) is 11.6 Å². The van der Waals surface area contributed by atoms with Gasteiger partial charge >= 0.3 is 0 Å². The first-order valence-corrected chi connectivity index (χ1v) is 7.71. The second kappa shape index (κ2) is 7.10. The zero-order valence-electron chi connectivity index (χ0n) is 13.0. The number of rotatable bonds is 4. The van der Waals surface area contributed by atoms with Gasteiger partial charge in [0.15, 0.2) is 0 Å². The van der Waals surface area contributed by atoms with Crippen LogP contribution in [0.3, 0.4) is 0 Å². The molecule has 0 radical (unpaired) electrons. The maximum Gasteiger partial charge on any atom is 0.248 e. The molecule has 3 aromatic rings. The number of nitrogens with one attached hydrogen (secondary N) is 1. The lowest BCUT2D eigenvalue weighted by atomic mass is 10.2. The number of benzene rings is 1. The number of carbonyl (C=O) groups is 1. The number of halogens is 1. The van der Waals surface area contributed by atoms with Crippen LogP contribution in [0.4, 0.5) is 5.69 Å². The largest absolute Gasteiger partial charge is 0.320 e. The molecule has 0 saturated carbocycles. The number of aromatic nitrogens is 3. The van der Waals surface area contributed by atoms with Crippen molar-refractivity contribution in [3.63, 3.8) is 0 Å². The monoisotopic (exact) mass is 338 g/mol. The summed E-state index contributed by atoms with van der Waals surface area (Å²) in [7, 11) is 0. The van der Waals surface area contributed by atoms with E-state index >= 15 is 0 Å². The molecule has 2 heterocycles. The van der Waals surface area contributed by atoms with Gasteiger partial charge < -0.3 is 5.32 Å². The van der Waals surface area contributed by atoms with Crippen molar-refractivity contribution < 1.29 is 4.79 Å². The van der Waals surface area contributed by atoms with Gasteiger partial charge in [-0.15, -0.1) is 0 Å².